The zero-order chi connectivity index (χ0) is 8.97. The van der Waals surface area contributed by atoms with E-state index in [9.17, 15) is 4.79 Å². The first-order valence-electron chi connectivity index (χ1n) is 4.19. The Morgan fingerprint density at radius 2 is 2.25 bits per heavy atom. The lowest BCUT2D eigenvalue weighted by molar-refractivity contribution is 0.864. The van der Waals surface area contributed by atoms with Crippen molar-refractivity contribution < 1.29 is 0 Å². The predicted octanol–water partition coefficient (Wildman–Crippen LogP) is 0.786. The summed E-state index contributed by atoms with van der Waals surface area (Å²) in [6.07, 6.45) is 1.96. The van der Waals surface area contributed by atoms with Crippen molar-refractivity contribution in [1.82, 2.24) is 4.98 Å². The smallest absolute Gasteiger partial charge is 0.252 e. The molecular formula is C9H14N2O. The molecule has 0 amide bonds. The Bertz CT molecular complexity index is 304. The van der Waals surface area contributed by atoms with Crippen LogP contribution in [0.1, 0.15) is 24.6 Å². The summed E-state index contributed by atoms with van der Waals surface area (Å²) in [6.45, 7) is 2.39. The number of hydrogen-bond donors (Lipinski definition) is 2. The summed E-state index contributed by atoms with van der Waals surface area (Å²) in [7, 11) is 0. The first-order chi connectivity index (χ1) is 5.77. The van der Waals surface area contributed by atoms with E-state index in [0.29, 0.717) is 12.1 Å². The molecule has 0 aliphatic carbocycles. The fraction of sp³-hybridized carbons (Fsp3) is 0.444. The Labute approximate surface area is 71.6 Å². The van der Waals surface area contributed by atoms with E-state index in [2.05, 4.69) is 11.9 Å². The molecule has 1 heterocycles. The lowest BCUT2D eigenvalue weighted by Gasteiger charge is -1.99. The number of nitrogens with one attached hydrogen (secondary N) is 1. The molecule has 3 N–H and O–H groups in total. The van der Waals surface area contributed by atoms with Gasteiger partial charge in [0.1, 0.15) is 0 Å². The topological polar surface area (TPSA) is 58.9 Å². The fourth-order valence-electron chi connectivity index (χ4n) is 1.12. The highest BCUT2D eigenvalue weighted by molar-refractivity contribution is 5.14. The van der Waals surface area contributed by atoms with Gasteiger partial charge in [0.25, 0.3) is 5.56 Å². The van der Waals surface area contributed by atoms with Crippen LogP contribution in [0.3, 0.4) is 0 Å². The van der Waals surface area contributed by atoms with E-state index in [0.717, 1.165) is 18.5 Å². The largest absolute Gasteiger partial charge is 0.326 e. The number of nitrogens with two attached hydrogens (primary N) is 1. The molecular weight excluding hydrogens is 152 g/mol. The standard InChI is InChI=1S/C9H14N2O/c1-2-3-8-5-4-7(6-10)9(12)11-8/h4-5H,2-3,6,10H2,1H3,(H,11,12). The van der Waals surface area contributed by atoms with Crippen molar-refractivity contribution in [2.45, 2.75) is 26.3 Å². The molecule has 0 saturated heterocycles. The molecule has 0 saturated carbocycles. The second-order valence-corrected chi connectivity index (χ2v) is 2.79. The van der Waals surface area contributed by atoms with Crippen LogP contribution in [-0.2, 0) is 13.0 Å². The first-order valence-corrected chi connectivity index (χ1v) is 4.19. The highest BCUT2D eigenvalue weighted by Crippen LogP contribution is 1.97. The summed E-state index contributed by atoms with van der Waals surface area (Å²) in [5.41, 5.74) is 6.94. The zero-order valence-electron chi connectivity index (χ0n) is 7.26. The number of pyridine rings is 1. The average molecular weight is 166 g/mol. The van der Waals surface area contributed by atoms with Crippen LogP contribution >= 0.6 is 0 Å². The van der Waals surface area contributed by atoms with Gasteiger partial charge in [0.05, 0.1) is 0 Å². The van der Waals surface area contributed by atoms with Crippen molar-refractivity contribution in [3.63, 3.8) is 0 Å². The maximum Gasteiger partial charge on any atom is 0.252 e. The highest BCUT2D eigenvalue weighted by Gasteiger charge is 1.97. The summed E-state index contributed by atoms with van der Waals surface area (Å²) in [6, 6.07) is 3.72. The Balaban J connectivity index is 2.94. The van der Waals surface area contributed by atoms with Crippen LogP contribution < -0.4 is 11.3 Å². The van der Waals surface area contributed by atoms with Gasteiger partial charge in [-0.3, -0.25) is 4.79 Å². The Kier molecular flexibility index (Phi) is 3.05. The van der Waals surface area contributed by atoms with Gasteiger partial charge in [-0.05, 0) is 12.5 Å². The summed E-state index contributed by atoms with van der Waals surface area (Å²) in [5, 5.41) is 0. The van der Waals surface area contributed by atoms with Gasteiger partial charge >= 0.3 is 0 Å². The van der Waals surface area contributed by atoms with Crippen LogP contribution in [0.25, 0.3) is 0 Å². The third-order valence-electron chi connectivity index (χ3n) is 1.79. The number of rotatable bonds is 3. The van der Waals surface area contributed by atoms with Crippen molar-refractivity contribution in [3.8, 4) is 0 Å². The molecule has 0 aliphatic rings. The Morgan fingerprint density at radius 1 is 1.50 bits per heavy atom. The molecule has 0 bridgehead atoms. The second-order valence-electron chi connectivity index (χ2n) is 2.79. The minimum Gasteiger partial charge on any atom is -0.326 e. The minimum atomic E-state index is -0.0524. The van der Waals surface area contributed by atoms with Crippen molar-refractivity contribution in [2.24, 2.45) is 5.73 Å². The maximum absolute atomic E-state index is 11.2. The van der Waals surface area contributed by atoms with Crippen LogP contribution in [0.4, 0.5) is 0 Å². The molecule has 1 aromatic rings. The van der Waals surface area contributed by atoms with Gasteiger partial charge in [0.2, 0.25) is 0 Å². The van der Waals surface area contributed by atoms with Crippen LogP contribution in [0.2, 0.25) is 0 Å². The van der Waals surface area contributed by atoms with Gasteiger partial charge in [-0.15, -0.1) is 0 Å². The predicted molar refractivity (Wildman–Crippen MR) is 48.9 cm³/mol. The Hall–Kier alpha value is -1.09. The second kappa shape index (κ2) is 4.07. The van der Waals surface area contributed by atoms with Crippen LogP contribution in [0, 0.1) is 0 Å². The van der Waals surface area contributed by atoms with Crippen molar-refractivity contribution >= 4 is 0 Å². The molecule has 0 aromatic carbocycles. The Morgan fingerprint density at radius 3 is 2.75 bits per heavy atom. The van der Waals surface area contributed by atoms with Crippen LogP contribution in [-0.4, -0.2) is 4.98 Å². The van der Waals surface area contributed by atoms with E-state index in [-0.39, 0.29) is 5.56 Å². The number of aryl methyl sites for hydroxylation is 1. The van der Waals surface area contributed by atoms with Gasteiger partial charge in [-0.1, -0.05) is 19.4 Å². The molecule has 1 aromatic heterocycles. The number of aromatic nitrogens is 1. The van der Waals surface area contributed by atoms with Gasteiger partial charge in [-0.25, -0.2) is 0 Å². The normalized spacial score (nSPS) is 10.2. The SMILES string of the molecule is CCCc1ccc(CN)c(=O)[nH]1. The molecule has 0 unspecified atom stereocenters. The summed E-state index contributed by atoms with van der Waals surface area (Å²) in [5.74, 6) is 0. The first kappa shape index (κ1) is 9.00. The van der Waals surface area contributed by atoms with E-state index in [1.54, 1.807) is 6.07 Å². The van der Waals surface area contributed by atoms with E-state index in [4.69, 9.17) is 5.73 Å². The molecule has 0 aliphatic heterocycles. The van der Waals surface area contributed by atoms with Crippen molar-refractivity contribution in [2.75, 3.05) is 0 Å². The monoisotopic (exact) mass is 166 g/mol. The highest BCUT2D eigenvalue weighted by atomic mass is 16.1. The molecule has 0 radical (unpaired) electrons. The lowest BCUT2D eigenvalue weighted by atomic mass is 10.2. The van der Waals surface area contributed by atoms with E-state index < -0.39 is 0 Å². The summed E-state index contributed by atoms with van der Waals surface area (Å²) < 4.78 is 0. The third kappa shape index (κ3) is 1.95. The maximum atomic E-state index is 11.2. The lowest BCUT2D eigenvalue weighted by Crippen LogP contribution is -2.16. The average Bonchev–Trinajstić information content (AvgIpc) is 2.05. The van der Waals surface area contributed by atoms with Gasteiger partial charge in [0, 0.05) is 17.8 Å². The molecule has 3 nitrogen and oxygen atoms in total. The minimum absolute atomic E-state index is 0.0524. The van der Waals surface area contributed by atoms with E-state index >= 15 is 0 Å². The van der Waals surface area contributed by atoms with E-state index in [1.807, 2.05) is 6.07 Å². The number of hydrogen-bond acceptors (Lipinski definition) is 2. The summed E-state index contributed by atoms with van der Waals surface area (Å²) in [4.78, 5) is 14.0. The van der Waals surface area contributed by atoms with Crippen molar-refractivity contribution in [3.05, 3.63) is 33.7 Å². The van der Waals surface area contributed by atoms with E-state index in [1.165, 1.54) is 0 Å². The van der Waals surface area contributed by atoms with Crippen LogP contribution in [0.5, 0.6) is 0 Å². The molecule has 0 fully saturated rings. The molecule has 66 valence electrons. The van der Waals surface area contributed by atoms with Crippen LogP contribution in [0.15, 0.2) is 16.9 Å². The fourth-order valence-corrected chi connectivity index (χ4v) is 1.12. The van der Waals surface area contributed by atoms with Gasteiger partial charge < -0.3 is 10.7 Å². The third-order valence-corrected chi connectivity index (χ3v) is 1.79. The molecule has 3 heteroatoms. The molecule has 0 atom stereocenters. The van der Waals surface area contributed by atoms with Gasteiger partial charge in [-0.2, -0.15) is 0 Å². The zero-order valence-corrected chi connectivity index (χ0v) is 7.26. The summed E-state index contributed by atoms with van der Waals surface area (Å²) >= 11 is 0. The molecule has 1 rings (SSSR count). The quantitative estimate of drug-likeness (QED) is 0.697. The van der Waals surface area contributed by atoms with Gasteiger partial charge in [0.15, 0.2) is 0 Å². The molecule has 12 heavy (non-hydrogen) atoms. The number of H-pyrrole nitrogens is 1. The molecule has 0 spiro atoms. The van der Waals surface area contributed by atoms with Crippen molar-refractivity contribution in [1.29, 1.82) is 0 Å². The number of aromatic amines is 1.